The van der Waals surface area contributed by atoms with Crippen LogP contribution >= 0.6 is 23.8 Å². The van der Waals surface area contributed by atoms with Crippen LogP contribution in [-0.4, -0.2) is 11.5 Å². The lowest BCUT2D eigenvalue weighted by Gasteiger charge is -2.27. The van der Waals surface area contributed by atoms with Crippen molar-refractivity contribution in [3.63, 3.8) is 0 Å². The Kier molecular flexibility index (Phi) is 5.06. The molecule has 0 radical (unpaired) electrons. The van der Waals surface area contributed by atoms with Crippen LogP contribution in [0.4, 0.5) is 5.69 Å². The Hall–Kier alpha value is -0.800. The van der Waals surface area contributed by atoms with Crippen LogP contribution in [0.25, 0.3) is 0 Å². The van der Waals surface area contributed by atoms with Crippen LogP contribution in [0.5, 0.6) is 0 Å². The maximum absolute atomic E-state index is 6.24. The number of hydrogen-bond donors (Lipinski definition) is 2. The van der Waals surface area contributed by atoms with E-state index in [0.717, 1.165) is 29.6 Å². The van der Waals surface area contributed by atoms with E-state index >= 15 is 0 Å². The van der Waals surface area contributed by atoms with Gasteiger partial charge in [0.25, 0.3) is 0 Å². The minimum absolute atomic E-state index is 0.384. The van der Waals surface area contributed by atoms with Gasteiger partial charge in [0.2, 0.25) is 0 Å². The summed E-state index contributed by atoms with van der Waals surface area (Å²) >= 11 is 11.2. The van der Waals surface area contributed by atoms with Gasteiger partial charge in [0.05, 0.1) is 10.7 Å². The van der Waals surface area contributed by atoms with Crippen molar-refractivity contribution in [3.8, 4) is 0 Å². The molecule has 0 aromatic heterocycles. The van der Waals surface area contributed by atoms with Crippen molar-refractivity contribution in [2.45, 2.75) is 32.6 Å². The second kappa shape index (κ2) is 6.58. The molecule has 1 aromatic rings. The molecule has 2 rings (SSSR count). The van der Waals surface area contributed by atoms with E-state index in [1.807, 2.05) is 18.2 Å². The van der Waals surface area contributed by atoms with E-state index < -0.39 is 0 Å². The number of nitrogens with one attached hydrogen (secondary N) is 1. The molecule has 104 valence electrons. The summed E-state index contributed by atoms with van der Waals surface area (Å²) < 4.78 is 0. The average molecular weight is 297 g/mol. The minimum Gasteiger partial charge on any atom is -0.389 e. The van der Waals surface area contributed by atoms with Crippen LogP contribution in [0.15, 0.2) is 18.2 Å². The zero-order valence-electron chi connectivity index (χ0n) is 11.3. The molecular formula is C15H21ClN2S. The molecule has 2 unspecified atom stereocenters. The van der Waals surface area contributed by atoms with E-state index in [4.69, 9.17) is 29.6 Å². The Morgan fingerprint density at radius 1 is 1.47 bits per heavy atom. The third-order valence-corrected chi connectivity index (χ3v) is 4.43. The van der Waals surface area contributed by atoms with Crippen LogP contribution in [0.1, 0.15) is 38.2 Å². The van der Waals surface area contributed by atoms with Gasteiger partial charge in [0.15, 0.2) is 0 Å². The first kappa shape index (κ1) is 14.6. The molecule has 1 fully saturated rings. The molecule has 19 heavy (non-hydrogen) atoms. The molecule has 4 heteroatoms. The maximum atomic E-state index is 6.24. The summed E-state index contributed by atoms with van der Waals surface area (Å²) in [5, 5.41) is 4.14. The van der Waals surface area contributed by atoms with E-state index in [1.165, 1.54) is 25.7 Å². The zero-order chi connectivity index (χ0) is 13.8. The predicted octanol–water partition coefficient (Wildman–Crippen LogP) is 4.21. The van der Waals surface area contributed by atoms with E-state index in [1.54, 1.807) is 0 Å². The summed E-state index contributed by atoms with van der Waals surface area (Å²) in [6.07, 6.45) is 5.36. The lowest BCUT2D eigenvalue weighted by atomic mass is 9.82. The number of nitrogens with two attached hydrogens (primary N) is 1. The Morgan fingerprint density at radius 2 is 2.26 bits per heavy atom. The van der Waals surface area contributed by atoms with Crippen molar-refractivity contribution in [1.29, 1.82) is 0 Å². The van der Waals surface area contributed by atoms with Crippen molar-refractivity contribution in [3.05, 3.63) is 28.8 Å². The van der Waals surface area contributed by atoms with E-state index in [9.17, 15) is 0 Å². The molecule has 0 saturated heterocycles. The van der Waals surface area contributed by atoms with Crippen molar-refractivity contribution in [2.75, 3.05) is 11.9 Å². The molecule has 1 aliphatic carbocycles. The highest BCUT2D eigenvalue weighted by Crippen LogP contribution is 2.30. The van der Waals surface area contributed by atoms with Gasteiger partial charge in [-0.1, -0.05) is 43.6 Å². The monoisotopic (exact) mass is 296 g/mol. The molecule has 2 atom stereocenters. The Morgan fingerprint density at radius 3 is 2.89 bits per heavy atom. The number of rotatable bonds is 4. The van der Waals surface area contributed by atoms with E-state index in [-0.39, 0.29) is 0 Å². The molecule has 0 aliphatic heterocycles. The summed E-state index contributed by atoms with van der Waals surface area (Å²) in [7, 11) is 0. The second-order valence-corrected chi connectivity index (χ2v) is 6.42. The van der Waals surface area contributed by atoms with Crippen molar-refractivity contribution in [2.24, 2.45) is 17.6 Å². The van der Waals surface area contributed by atoms with Gasteiger partial charge in [-0.15, -0.1) is 0 Å². The molecule has 3 N–H and O–H groups in total. The summed E-state index contributed by atoms with van der Waals surface area (Å²) in [6, 6.07) is 5.71. The maximum Gasteiger partial charge on any atom is 0.104 e. The topological polar surface area (TPSA) is 38.0 Å². The van der Waals surface area contributed by atoms with Gasteiger partial charge in [-0.25, -0.2) is 0 Å². The molecule has 2 nitrogen and oxygen atoms in total. The first-order valence-corrected chi connectivity index (χ1v) is 7.68. The Balaban J connectivity index is 1.94. The van der Waals surface area contributed by atoms with Crippen LogP contribution in [0.2, 0.25) is 5.02 Å². The number of halogens is 1. The van der Waals surface area contributed by atoms with Gasteiger partial charge in [0.1, 0.15) is 4.99 Å². The smallest absolute Gasteiger partial charge is 0.104 e. The molecule has 1 aliphatic rings. The zero-order valence-corrected chi connectivity index (χ0v) is 12.9. The highest BCUT2D eigenvalue weighted by atomic mass is 35.5. The first-order chi connectivity index (χ1) is 9.06. The normalized spacial score (nSPS) is 23.1. The number of anilines is 1. The summed E-state index contributed by atoms with van der Waals surface area (Å²) in [6.45, 7) is 3.34. The third kappa shape index (κ3) is 4.08. The van der Waals surface area contributed by atoms with E-state index in [2.05, 4.69) is 12.2 Å². The Bertz CT molecular complexity index is 461. The highest BCUT2D eigenvalue weighted by Gasteiger charge is 2.18. The van der Waals surface area contributed by atoms with Crippen molar-refractivity contribution >= 4 is 34.5 Å². The minimum atomic E-state index is 0.384. The first-order valence-electron chi connectivity index (χ1n) is 6.89. The average Bonchev–Trinajstić information content (AvgIpc) is 2.37. The van der Waals surface area contributed by atoms with Gasteiger partial charge in [-0.2, -0.15) is 0 Å². The van der Waals surface area contributed by atoms with Crippen LogP contribution in [-0.2, 0) is 0 Å². The van der Waals surface area contributed by atoms with Crippen molar-refractivity contribution in [1.82, 2.24) is 0 Å². The fraction of sp³-hybridized carbons (Fsp3) is 0.533. The molecule has 0 spiro atoms. The van der Waals surface area contributed by atoms with Crippen LogP contribution in [0, 0.1) is 11.8 Å². The molecular weight excluding hydrogens is 276 g/mol. The van der Waals surface area contributed by atoms with Gasteiger partial charge < -0.3 is 11.1 Å². The summed E-state index contributed by atoms with van der Waals surface area (Å²) in [5.41, 5.74) is 7.38. The second-order valence-electron chi connectivity index (χ2n) is 5.58. The standard InChI is InChI=1S/C15H21ClN2S/c1-10-3-2-4-11(7-10)9-18-14-6-5-12(15(17)19)8-13(14)16/h5-6,8,10-11,18H,2-4,7,9H2,1H3,(H2,17,19). The SMILES string of the molecule is CC1CCCC(CNc2ccc(C(N)=S)cc2Cl)C1. The largest absolute Gasteiger partial charge is 0.389 e. The van der Waals surface area contributed by atoms with Crippen LogP contribution < -0.4 is 11.1 Å². The van der Waals surface area contributed by atoms with E-state index in [0.29, 0.717) is 10.0 Å². The molecule has 0 heterocycles. The molecule has 0 bridgehead atoms. The quantitative estimate of drug-likeness (QED) is 0.817. The Labute approximate surface area is 125 Å². The lowest BCUT2D eigenvalue weighted by molar-refractivity contribution is 0.293. The van der Waals surface area contributed by atoms with Gasteiger partial charge in [-0.05, 0) is 42.9 Å². The fourth-order valence-corrected chi connectivity index (χ4v) is 3.19. The van der Waals surface area contributed by atoms with Crippen LogP contribution in [0.3, 0.4) is 0 Å². The fourth-order valence-electron chi connectivity index (χ4n) is 2.81. The summed E-state index contributed by atoms with van der Waals surface area (Å²) in [5.74, 6) is 1.61. The summed E-state index contributed by atoms with van der Waals surface area (Å²) in [4.78, 5) is 0.384. The molecule has 1 aromatic carbocycles. The van der Waals surface area contributed by atoms with Gasteiger partial charge in [-0.3, -0.25) is 0 Å². The predicted molar refractivity (Wildman–Crippen MR) is 87.0 cm³/mol. The highest BCUT2D eigenvalue weighted by molar-refractivity contribution is 7.80. The molecule has 0 amide bonds. The number of thiocarbonyl (C=S) groups is 1. The molecule has 1 saturated carbocycles. The number of hydrogen-bond acceptors (Lipinski definition) is 2. The number of benzene rings is 1. The third-order valence-electron chi connectivity index (χ3n) is 3.88. The van der Waals surface area contributed by atoms with Gasteiger partial charge in [0, 0.05) is 12.1 Å². The van der Waals surface area contributed by atoms with Crippen molar-refractivity contribution < 1.29 is 0 Å². The van der Waals surface area contributed by atoms with Gasteiger partial charge >= 0.3 is 0 Å². The lowest BCUT2D eigenvalue weighted by Crippen LogP contribution is -2.21.